The lowest BCUT2D eigenvalue weighted by Crippen LogP contribution is -2.86. The van der Waals surface area contributed by atoms with Gasteiger partial charge in [-0.3, -0.25) is 0 Å². The van der Waals surface area contributed by atoms with E-state index in [2.05, 4.69) is 27.2 Å². The van der Waals surface area contributed by atoms with Gasteiger partial charge in [-0.25, -0.2) is 0 Å². The standard InChI is InChI=1S/C19H23F3N2O/c1-13-16(9-10-23-12-14-5-3-2-4-6-14)17-11-15(25-19(20,21)22)7-8-18(17)24-13/h2-3,7-8,11,14,23-24H,4-6,9-10,12H2,1H3/p+1/t14-/m0/s1. The summed E-state index contributed by atoms with van der Waals surface area (Å²) in [6, 6.07) is 4.47. The van der Waals surface area contributed by atoms with Crippen LogP contribution >= 0.6 is 0 Å². The van der Waals surface area contributed by atoms with E-state index < -0.39 is 6.36 Å². The molecule has 3 nitrogen and oxygen atoms in total. The maximum Gasteiger partial charge on any atom is 0.573 e. The molecular formula is C19H24F3N2O+. The lowest BCUT2D eigenvalue weighted by atomic mass is 9.94. The molecule has 0 radical (unpaired) electrons. The third kappa shape index (κ3) is 4.78. The second kappa shape index (κ2) is 7.52. The van der Waals surface area contributed by atoms with E-state index in [1.165, 1.54) is 25.0 Å². The number of hydrogen-bond donors (Lipinski definition) is 2. The van der Waals surface area contributed by atoms with E-state index >= 15 is 0 Å². The molecule has 0 unspecified atom stereocenters. The smallest absolute Gasteiger partial charge is 0.406 e. The molecule has 0 amide bonds. The molecule has 1 heterocycles. The summed E-state index contributed by atoms with van der Waals surface area (Å²) >= 11 is 0. The molecule has 0 fully saturated rings. The van der Waals surface area contributed by atoms with Crippen molar-refractivity contribution in [2.24, 2.45) is 5.92 Å². The van der Waals surface area contributed by atoms with Gasteiger partial charge in [-0.1, -0.05) is 12.2 Å². The molecular weight excluding hydrogens is 329 g/mol. The molecule has 3 N–H and O–H groups in total. The topological polar surface area (TPSA) is 41.6 Å². The minimum absolute atomic E-state index is 0.168. The van der Waals surface area contributed by atoms with Crippen molar-refractivity contribution >= 4 is 10.9 Å². The van der Waals surface area contributed by atoms with Crippen molar-refractivity contribution in [1.82, 2.24) is 4.98 Å². The number of H-pyrrole nitrogens is 1. The fourth-order valence-electron chi connectivity index (χ4n) is 3.55. The Morgan fingerprint density at radius 3 is 2.84 bits per heavy atom. The largest absolute Gasteiger partial charge is 0.573 e. The molecule has 2 aromatic rings. The number of nitrogens with two attached hydrogens (primary N) is 1. The average molecular weight is 353 g/mol. The number of allylic oxidation sites excluding steroid dienone is 2. The predicted octanol–water partition coefficient (Wildman–Crippen LogP) is 3.84. The van der Waals surface area contributed by atoms with Crippen molar-refractivity contribution in [2.45, 2.75) is 39.0 Å². The Balaban J connectivity index is 1.64. The maximum atomic E-state index is 12.4. The number of hydrogen-bond acceptors (Lipinski definition) is 1. The highest BCUT2D eigenvalue weighted by Crippen LogP contribution is 2.29. The van der Waals surface area contributed by atoms with Crippen LogP contribution in [-0.2, 0) is 6.42 Å². The lowest BCUT2D eigenvalue weighted by molar-refractivity contribution is -0.660. The summed E-state index contributed by atoms with van der Waals surface area (Å²) in [5.74, 6) is 0.569. The summed E-state index contributed by atoms with van der Waals surface area (Å²) < 4.78 is 41.3. The van der Waals surface area contributed by atoms with Crippen LogP contribution in [-0.4, -0.2) is 24.4 Å². The summed E-state index contributed by atoms with van der Waals surface area (Å²) in [6.07, 6.45) is 4.23. The van der Waals surface area contributed by atoms with Gasteiger partial charge in [0.15, 0.2) is 0 Å². The number of halogens is 3. The van der Waals surface area contributed by atoms with Gasteiger partial charge < -0.3 is 15.0 Å². The van der Waals surface area contributed by atoms with Gasteiger partial charge in [-0.15, -0.1) is 13.2 Å². The maximum absolute atomic E-state index is 12.4. The van der Waals surface area contributed by atoms with Crippen LogP contribution in [0.2, 0.25) is 0 Å². The van der Waals surface area contributed by atoms with Gasteiger partial charge in [0.1, 0.15) is 5.75 Å². The highest BCUT2D eigenvalue weighted by molar-refractivity contribution is 5.86. The summed E-state index contributed by atoms with van der Waals surface area (Å²) in [5, 5.41) is 3.13. The fourth-order valence-corrected chi connectivity index (χ4v) is 3.55. The molecule has 0 saturated carbocycles. The van der Waals surface area contributed by atoms with Gasteiger partial charge in [-0.05, 0) is 49.9 Å². The van der Waals surface area contributed by atoms with Crippen molar-refractivity contribution < 1.29 is 23.2 Å². The Bertz CT molecular complexity index is 749. The Kier molecular flexibility index (Phi) is 5.37. The molecule has 1 aliphatic rings. The number of ether oxygens (including phenoxy) is 1. The Morgan fingerprint density at radius 2 is 2.12 bits per heavy atom. The highest BCUT2D eigenvalue weighted by Gasteiger charge is 2.31. The van der Waals surface area contributed by atoms with Crippen LogP contribution in [0.15, 0.2) is 30.4 Å². The molecule has 25 heavy (non-hydrogen) atoms. The van der Waals surface area contributed by atoms with Gasteiger partial charge in [0, 0.05) is 28.9 Å². The van der Waals surface area contributed by atoms with E-state index in [1.807, 2.05) is 6.92 Å². The van der Waals surface area contributed by atoms with Crippen LogP contribution in [0.4, 0.5) is 13.2 Å². The summed E-state index contributed by atoms with van der Waals surface area (Å²) in [5.41, 5.74) is 2.93. The van der Waals surface area contributed by atoms with Crippen molar-refractivity contribution in [1.29, 1.82) is 0 Å². The van der Waals surface area contributed by atoms with Crippen LogP contribution in [0.1, 0.15) is 30.5 Å². The van der Waals surface area contributed by atoms with E-state index in [9.17, 15) is 13.2 Å². The molecule has 1 aromatic carbocycles. The molecule has 1 atom stereocenters. The first kappa shape index (κ1) is 17.9. The first-order valence-electron chi connectivity index (χ1n) is 8.76. The predicted molar refractivity (Wildman–Crippen MR) is 91.6 cm³/mol. The highest BCUT2D eigenvalue weighted by atomic mass is 19.4. The lowest BCUT2D eigenvalue weighted by Gasteiger charge is -2.15. The van der Waals surface area contributed by atoms with Crippen molar-refractivity contribution in [2.75, 3.05) is 13.1 Å². The van der Waals surface area contributed by atoms with Gasteiger partial charge in [0.2, 0.25) is 0 Å². The Labute approximate surface area is 145 Å². The van der Waals surface area contributed by atoms with E-state index in [0.717, 1.165) is 54.0 Å². The zero-order chi connectivity index (χ0) is 17.9. The number of benzene rings is 1. The Hall–Kier alpha value is -1.95. The van der Waals surface area contributed by atoms with Crippen LogP contribution in [0.5, 0.6) is 5.75 Å². The summed E-state index contributed by atoms with van der Waals surface area (Å²) in [7, 11) is 0. The quantitative estimate of drug-likeness (QED) is 0.601. The van der Waals surface area contributed by atoms with E-state index in [-0.39, 0.29) is 5.75 Å². The van der Waals surface area contributed by atoms with Gasteiger partial charge >= 0.3 is 6.36 Å². The number of aryl methyl sites for hydroxylation is 1. The molecule has 0 aliphatic heterocycles. The van der Waals surface area contributed by atoms with Gasteiger partial charge in [0.05, 0.1) is 13.1 Å². The van der Waals surface area contributed by atoms with Crippen LogP contribution < -0.4 is 10.1 Å². The molecule has 1 aliphatic carbocycles. The zero-order valence-corrected chi connectivity index (χ0v) is 14.3. The number of fused-ring (bicyclic) bond motifs is 1. The molecule has 0 saturated heterocycles. The summed E-state index contributed by atoms with van der Waals surface area (Å²) in [4.78, 5) is 3.25. The zero-order valence-electron chi connectivity index (χ0n) is 14.3. The minimum Gasteiger partial charge on any atom is -0.406 e. The molecule has 3 rings (SSSR count). The third-order valence-corrected chi connectivity index (χ3v) is 4.80. The van der Waals surface area contributed by atoms with E-state index in [0.29, 0.717) is 0 Å². The molecule has 1 aromatic heterocycles. The average Bonchev–Trinajstić information content (AvgIpc) is 2.86. The number of aromatic nitrogens is 1. The fraction of sp³-hybridized carbons (Fsp3) is 0.474. The Morgan fingerprint density at radius 1 is 1.28 bits per heavy atom. The number of nitrogens with one attached hydrogen (secondary N) is 1. The number of quaternary nitrogens is 1. The molecule has 136 valence electrons. The van der Waals surface area contributed by atoms with Crippen molar-refractivity contribution in [3.63, 3.8) is 0 Å². The molecule has 0 bridgehead atoms. The summed E-state index contributed by atoms with van der Waals surface area (Å²) in [6.45, 7) is 4.00. The van der Waals surface area contributed by atoms with E-state index in [4.69, 9.17) is 0 Å². The third-order valence-electron chi connectivity index (χ3n) is 4.80. The minimum atomic E-state index is -4.67. The molecule has 0 spiro atoms. The monoisotopic (exact) mass is 353 g/mol. The number of aromatic amines is 1. The SMILES string of the molecule is Cc1[nH]c2ccc(OC(F)(F)F)cc2c1CC[NH2+]C[C@H]1CC=CCC1. The van der Waals surface area contributed by atoms with Gasteiger partial charge in [0.25, 0.3) is 0 Å². The number of rotatable bonds is 6. The first-order chi connectivity index (χ1) is 11.9. The van der Waals surface area contributed by atoms with Crippen molar-refractivity contribution in [3.05, 3.63) is 41.6 Å². The second-order valence-electron chi connectivity index (χ2n) is 6.70. The van der Waals surface area contributed by atoms with Crippen LogP contribution in [0, 0.1) is 12.8 Å². The number of alkyl halides is 3. The molecule has 6 heteroatoms. The van der Waals surface area contributed by atoms with Crippen molar-refractivity contribution in [3.8, 4) is 5.75 Å². The van der Waals surface area contributed by atoms with Gasteiger partial charge in [-0.2, -0.15) is 0 Å². The van der Waals surface area contributed by atoms with Crippen LogP contribution in [0.3, 0.4) is 0 Å². The van der Waals surface area contributed by atoms with E-state index in [1.54, 1.807) is 6.07 Å². The van der Waals surface area contributed by atoms with Crippen LogP contribution in [0.25, 0.3) is 10.9 Å². The first-order valence-corrected chi connectivity index (χ1v) is 8.76. The normalized spacial score (nSPS) is 18.0. The second-order valence-corrected chi connectivity index (χ2v) is 6.70.